The normalized spacial score (nSPS) is 12.5. The van der Waals surface area contributed by atoms with Crippen LogP contribution in [0.15, 0.2) is 0 Å². The number of aromatic nitrogens is 2. The number of amides is 1. The lowest BCUT2D eigenvalue weighted by molar-refractivity contribution is -0.121. The van der Waals surface area contributed by atoms with E-state index in [0.717, 1.165) is 12.8 Å². The number of thiol groups is 1. The lowest BCUT2D eigenvalue weighted by Gasteiger charge is -2.12. The van der Waals surface area contributed by atoms with Crippen molar-refractivity contribution in [2.24, 2.45) is 5.92 Å². The first-order valence-electron chi connectivity index (χ1n) is 6.77. The van der Waals surface area contributed by atoms with Crippen LogP contribution < -0.4 is 10.1 Å². The first-order valence-corrected chi connectivity index (χ1v) is 7.66. The molecule has 1 heterocycles. The van der Waals surface area contributed by atoms with Crippen molar-refractivity contribution in [2.75, 3.05) is 6.61 Å². The van der Waals surface area contributed by atoms with E-state index in [4.69, 9.17) is 16.3 Å². The van der Waals surface area contributed by atoms with Gasteiger partial charge in [-0.1, -0.05) is 32.4 Å². The van der Waals surface area contributed by atoms with E-state index in [1.165, 1.54) is 0 Å². The Labute approximate surface area is 130 Å². The number of H-pyrrole nitrogens is 1. The topological polar surface area (TPSA) is 67.0 Å². The molecule has 0 unspecified atom stereocenters. The highest BCUT2D eigenvalue weighted by Gasteiger charge is 2.16. The molecule has 0 bridgehead atoms. The van der Waals surface area contributed by atoms with Gasteiger partial charge in [0.15, 0.2) is 5.15 Å². The number of hydrogen-bond acceptors (Lipinski definition) is 4. The molecular weight excluding hydrogens is 298 g/mol. The molecule has 0 saturated carbocycles. The Bertz CT molecular complexity index is 437. The zero-order valence-corrected chi connectivity index (χ0v) is 13.7. The van der Waals surface area contributed by atoms with E-state index >= 15 is 0 Å². The van der Waals surface area contributed by atoms with Gasteiger partial charge in [-0.05, 0) is 18.8 Å². The molecule has 0 spiro atoms. The molecule has 0 aliphatic heterocycles. The van der Waals surface area contributed by atoms with Gasteiger partial charge in [-0.25, -0.2) is 0 Å². The fourth-order valence-corrected chi connectivity index (χ4v) is 2.30. The molecule has 2 N–H and O–H groups in total. The van der Waals surface area contributed by atoms with Crippen LogP contribution in [0.5, 0.6) is 6.01 Å². The highest BCUT2D eigenvalue weighted by Crippen LogP contribution is 2.17. The molecule has 20 heavy (non-hydrogen) atoms. The molecule has 1 atom stereocenters. The maximum atomic E-state index is 11.8. The number of nitrogens with zero attached hydrogens (tertiary/aromatic N) is 1. The van der Waals surface area contributed by atoms with Gasteiger partial charge >= 0.3 is 0 Å². The minimum absolute atomic E-state index is 0.108. The van der Waals surface area contributed by atoms with E-state index in [1.54, 1.807) is 0 Å². The Kier molecular flexibility index (Phi) is 7.23. The summed E-state index contributed by atoms with van der Waals surface area (Å²) in [6, 6.07) is 0.380. The Balaban J connectivity index is 2.48. The van der Waals surface area contributed by atoms with Crippen molar-refractivity contribution in [3.05, 3.63) is 10.8 Å². The predicted molar refractivity (Wildman–Crippen MR) is 83.5 cm³/mol. The first-order chi connectivity index (χ1) is 9.43. The van der Waals surface area contributed by atoms with Gasteiger partial charge in [0.1, 0.15) is 0 Å². The summed E-state index contributed by atoms with van der Waals surface area (Å²) in [5, 5.41) is 2.79. The number of halogens is 1. The summed E-state index contributed by atoms with van der Waals surface area (Å²) < 4.78 is 5.34. The van der Waals surface area contributed by atoms with Gasteiger partial charge in [-0.3, -0.25) is 4.79 Å². The Morgan fingerprint density at radius 3 is 2.85 bits per heavy atom. The van der Waals surface area contributed by atoms with Gasteiger partial charge < -0.3 is 15.0 Å². The number of carbonyl (C=O) groups is 1. The molecule has 0 aromatic carbocycles. The van der Waals surface area contributed by atoms with Gasteiger partial charge in [0.05, 0.1) is 24.1 Å². The third-order valence-electron chi connectivity index (χ3n) is 2.59. The maximum absolute atomic E-state index is 11.8. The minimum atomic E-state index is -0.312. The molecule has 0 radical (unpaired) electrons. The lowest BCUT2D eigenvalue weighted by atomic mass is 10.1. The monoisotopic (exact) mass is 319 g/mol. The molecule has 0 aliphatic carbocycles. The van der Waals surface area contributed by atoms with E-state index in [2.05, 4.69) is 41.8 Å². The molecular formula is C13H22ClN3O2S. The second-order valence-electron chi connectivity index (χ2n) is 5.02. The SMILES string of the molecule is CCCOc1nc(Cl)c(CNC(=O)[C@@H](S)CC(C)C)[nH]1. The van der Waals surface area contributed by atoms with Gasteiger partial charge in [-0.2, -0.15) is 17.6 Å². The number of hydrogen-bond donors (Lipinski definition) is 3. The number of nitrogens with one attached hydrogen (secondary N) is 2. The Morgan fingerprint density at radius 1 is 1.55 bits per heavy atom. The van der Waals surface area contributed by atoms with Crippen LogP contribution in [0.25, 0.3) is 0 Å². The van der Waals surface area contributed by atoms with Crippen LogP contribution in [0.1, 0.15) is 39.3 Å². The van der Waals surface area contributed by atoms with E-state index < -0.39 is 0 Å². The summed E-state index contributed by atoms with van der Waals surface area (Å²) in [6.45, 7) is 6.98. The largest absolute Gasteiger partial charge is 0.465 e. The van der Waals surface area contributed by atoms with Crippen molar-refractivity contribution in [2.45, 2.75) is 45.4 Å². The van der Waals surface area contributed by atoms with E-state index in [-0.39, 0.29) is 17.7 Å². The van der Waals surface area contributed by atoms with Crippen LogP contribution in [-0.4, -0.2) is 27.7 Å². The minimum Gasteiger partial charge on any atom is -0.465 e. The smallest absolute Gasteiger partial charge is 0.295 e. The summed E-state index contributed by atoms with van der Waals surface area (Å²) in [7, 11) is 0. The van der Waals surface area contributed by atoms with Crippen molar-refractivity contribution >= 4 is 30.1 Å². The molecule has 1 aromatic heterocycles. The summed E-state index contributed by atoms with van der Waals surface area (Å²) in [5.41, 5.74) is 0.635. The van der Waals surface area contributed by atoms with Crippen molar-refractivity contribution in [3.8, 4) is 6.01 Å². The standard InChI is InChI=1S/C13H22ClN3O2S/c1-4-5-19-13-16-9(11(14)17-13)7-15-12(18)10(20)6-8(2)3/h8,10,20H,4-7H2,1-3H3,(H,15,18)(H,16,17)/t10-/m0/s1. The van der Waals surface area contributed by atoms with E-state index in [0.29, 0.717) is 29.4 Å². The van der Waals surface area contributed by atoms with Gasteiger partial charge in [0.25, 0.3) is 6.01 Å². The molecule has 1 rings (SSSR count). The number of aromatic amines is 1. The molecule has 1 amide bonds. The fraction of sp³-hybridized carbons (Fsp3) is 0.692. The average Bonchev–Trinajstić information content (AvgIpc) is 2.73. The van der Waals surface area contributed by atoms with Gasteiger partial charge in [0.2, 0.25) is 5.91 Å². The van der Waals surface area contributed by atoms with Gasteiger partial charge in [0, 0.05) is 0 Å². The predicted octanol–water partition coefficient (Wildman–Crippen LogP) is 2.81. The molecule has 0 saturated heterocycles. The quantitative estimate of drug-likeness (QED) is 0.645. The maximum Gasteiger partial charge on any atom is 0.295 e. The zero-order valence-electron chi connectivity index (χ0n) is 12.1. The second kappa shape index (κ2) is 8.42. The van der Waals surface area contributed by atoms with E-state index in [9.17, 15) is 4.79 Å². The summed E-state index contributed by atoms with van der Waals surface area (Å²) >= 11 is 10.3. The summed E-state index contributed by atoms with van der Waals surface area (Å²) in [6.07, 6.45) is 1.62. The third kappa shape index (κ3) is 5.63. The van der Waals surface area contributed by atoms with Crippen molar-refractivity contribution in [1.29, 1.82) is 0 Å². The Hall–Kier alpha value is -0.880. The third-order valence-corrected chi connectivity index (χ3v) is 3.34. The number of ether oxygens (including phenoxy) is 1. The summed E-state index contributed by atoms with van der Waals surface area (Å²) in [4.78, 5) is 18.8. The number of carbonyl (C=O) groups excluding carboxylic acids is 1. The molecule has 5 nitrogen and oxygen atoms in total. The van der Waals surface area contributed by atoms with E-state index in [1.807, 2.05) is 6.92 Å². The first kappa shape index (κ1) is 17.2. The lowest BCUT2D eigenvalue weighted by Crippen LogP contribution is -2.32. The van der Waals surface area contributed by atoms with Crippen molar-refractivity contribution in [3.63, 3.8) is 0 Å². The fourth-order valence-electron chi connectivity index (χ4n) is 1.60. The van der Waals surface area contributed by atoms with Crippen LogP contribution in [-0.2, 0) is 11.3 Å². The molecule has 0 aliphatic rings. The molecule has 1 aromatic rings. The molecule has 0 fully saturated rings. The van der Waals surface area contributed by atoms with Crippen LogP contribution in [0.3, 0.4) is 0 Å². The van der Waals surface area contributed by atoms with Crippen LogP contribution in [0, 0.1) is 5.92 Å². The van der Waals surface area contributed by atoms with Gasteiger partial charge in [-0.15, -0.1) is 0 Å². The van der Waals surface area contributed by atoms with Crippen molar-refractivity contribution < 1.29 is 9.53 Å². The average molecular weight is 320 g/mol. The van der Waals surface area contributed by atoms with Crippen LogP contribution >= 0.6 is 24.2 Å². The van der Waals surface area contributed by atoms with Crippen LogP contribution in [0.4, 0.5) is 0 Å². The zero-order chi connectivity index (χ0) is 15.1. The number of imidazole rings is 1. The highest BCUT2D eigenvalue weighted by atomic mass is 35.5. The Morgan fingerprint density at radius 2 is 2.25 bits per heavy atom. The summed E-state index contributed by atoms with van der Waals surface area (Å²) in [5.74, 6) is 0.316. The second-order valence-corrected chi connectivity index (χ2v) is 6.00. The van der Waals surface area contributed by atoms with Crippen LogP contribution in [0.2, 0.25) is 5.15 Å². The highest BCUT2D eigenvalue weighted by molar-refractivity contribution is 7.81. The molecule has 7 heteroatoms. The van der Waals surface area contributed by atoms with Crippen molar-refractivity contribution in [1.82, 2.24) is 15.3 Å². The molecule has 114 valence electrons. The number of rotatable bonds is 8.